The topological polar surface area (TPSA) is 46.2 Å². The van der Waals surface area contributed by atoms with E-state index >= 15 is 0 Å². The number of halogens is 12. The van der Waals surface area contributed by atoms with Crippen LogP contribution in [0.5, 0.6) is 0 Å². The van der Waals surface area contributed by atoms with E-state index in [0.717, 1.165) is 18.2 Å². The highest BCUT2D eigenvalue weighted by molar-refractivity contribution is 6.42. The summed E-state index contributed by atoms with van der Waals surface area (Å²) >= 11 is 11.4. The maximum atomic E-state index is 14.8. The number of Topliss-reactive ketones (excluding diaryl/α,β-unsaturated/α-hetero) is 1. The molecule has 0 bridgehead atoms. The van der Waals surface area contributed by atoms with Gasteiger partial charge in [-0.15, -0.1) is 0 Å². The van der Waals surface area contributed by atoms with Gasteiger partial charge in [-0.3, -0.25) is 9.59 Å². The van der Waals surface area contributed by atoms with Gasteiger partial charge in [0.15, 0.2) is 5.78 Å². The van der Waals surface area contributed by atoms with E-state index in [1.54, 1.807) is 0 Å². The van der Waals surface area contributed by atoms with Gasteiger partial charge >= 0.3 is 18.5 Å². The van der Waals surface area contributed by atoms with E-state index < -0.39 is 83.6 Å². The molecule has 0 aromatic heterocycles. The van der Waals surface area contributed by atoms with E-state index in [9.17, 15) is 53.5 Å². The molecular weight excluding hydrogens is 583 g/mol. The largest absolute Gasteiger partial charge is 0.417 e. The van der Waals surface area contributed by atoms with Gasteiger partial charge in [-0.05, 0) is 29.8 Å². The Morgan fingerprint density at radius 3 is 2.03 bits per heavy atom. The number of nitrogens with one attached hydrogen (secondary N) is 1. The maximum Gasteiger partial charge on any atom is 0.417 e. The summed E-state index contributed by atoms with van der Waals surface area (Å²) in [5.74, 6) is -6.88. The molecule has 2 aromatic rings. The average Bonchev–Trinajstić information content (AvgIpc) is 2.79. The SMILES string of the molecule is O=C(CCC(=O)c1ccc(/C(F)=C/C(c2ccc(Cl)c(Cl)c2)C(F)(F)F)cc1C(F)(F)F)NCC(F)(F)F. The van der Waals surface area contributed by atoms with Gasteiger partial charge in [0.2, 0.25) is 5.91 Å². The first-order chi connectivity index (χ1) is 17.3. The first kappa shape index (κ1) is 31.4. The second-order valence-electron chi connectivity index (χ2n) is 7.78. The number of hydrogen-bond donors (Lipinski definition) is 1. The fourth-order valence-corrected chi connectivity index (χ4v) is 3.45. The van der Waals surface area contributed by atoms with Gasteiger partial charge in [0, 0.05) is 24.0 Å². The Balaban J connectivity index is 2.38. The Bertz CT molecular complexity index is 1220. The second kappa shape index (κ2) is 11.9. The van der Waals surface area contributed by atoms with E-state index in [-0.39, 0.29) is 22.2 Å². The van der Waals surface area contributed by atoms with Crippen molar-refractivity contribution < 1.29 is 53.5 Å². The minimum Gasteiger partial charge on any atom is -0.347 e. The minimum atomic E-state index is -5.27. The van der Waals surface area contributed by atoms with Crippen LogP contribution in [0.1, 0.15) is 45.8 Å². The Labute approximate surface area is 218 Å². The molecule has 1 N–H and O–H groups in total. The third-order valence-corrected chi connectivity index (χ3v) is 5.67. The van der Waals surface area contributed by atoms with Crippen LogP contribution in [0.15, 0.2) is 42.5 Å². The Morgan fingerprint density at radius 1 is 0.868 bits per heavy atom. The quantitative estimate of drug-likeness (QED) is 0.246. The van der Waals surface area contributed by atoms with Gasteiger partial charge in [0.05, 0.1) is 15.6 Å². The second-order valence-corrected chi connectivity index (χ2v) is 8.60. The molecule has 15 heteroatoms. The van der Waals surface area contributed by atoms with Crippen LogP contribution < -0.4 is 5.32 Å². The molecule has 208 valence electrons. The van der Waals surface area contributed by atoms with Crippen LogP contribution in [0.4, 0.5) is 43.9 Å². The number of alkyl halides is 9. The van der Waals surface area contributed by atoms with Crippen LogP contribution in [-0.2, 0) is 11.0 Å². The van der Waals surface area contributed by atoms with Crippen LogP contribution in [0.3, 0.4) is 0 Å². The lowest BCUT2D eigenvalue weighted by Gasteiger charge is -2.19. The van der Waals surface area contributed by atoms with Crippen molar-refractivity contribution in [3.8, 4) is 0 Å². The Morgan fingerprint density at radius 2 is 1.50 bits per heavy atom. The van der Waals surface area contributed by atoms with Crippen LogP contribution >= 0.6 is 23.2 Å². The summed E-state index contributed by atoms with van der Waals surface area (Å²) in [5.41, 5.74) is -4.24. The van der Waals surface area contributed by atoms with Gasteiger partial charge in [0.25, 0.3) is 0 Å². The number of allylic oxidation sites excluding steroid dienone is 1. The summed E-state index contributed by atoms with van der Waals surface area (Å²) in [6, 6.07) is 3.99. The van der Waals surface area contributed by atoms with Gasteiger partial charge < -0.3 is 5.32 Å². The molecule has 1 amide bonds. The summed E-state index contributed by atoms with van der Waals surface area (Å²) in [7, 11) is 0. The van der Waals surface area contributed by atoms with Crippen molar-refractivity contribution in [2.75, 3.05) is 6.54 Å². The molecule has 0 saturated carbocycles. The molecule has 38 heavy (non-hydrogen) atoms. The molecule has 0 aliphatic carbocycles. The zero-order chi connectivity index (χ0) is 29.1. The summed E-state index contributed by atoms with van der Waals surface area (Å²) in [6.45, 7) is -1.71. The van der Waals surface area contributed by atoms with Crippen molar-refractivity contribution in [3.05, 3.63) is 74.8 Å². The average molecular weight is 598 g/mol. The molecule has 0 aliphatic heterocycles. The molecule has 0 saturated heterocycles. The first-order valence-corrected chi connectivity index (χ1v) is 11.0. The molecule has 2 rings (SSSR count). The van der Waals surface area contributed by atoms with E-state index in [2.05, 4.69) is 0 Å². The number of amides is 1. The summed E-state index contributed by atoms with van der Waals surface area (Å²) in [6.07, 6.45) is -16.9. The Hall–Kier alpha value is -2.80. The zero-order valence-corrected chi connectivity index (χ0v) is 20.1. The molecule has 1 unspecified atom stereocenters. The lowest BCUT2D eigenvalue weighted by Crippen LogP contribution is -2.33. The maximum absolute atomic E-state index is 14.8. The number of benzene rings is 2. The van der Waals surface area contributed by atoms with E-state index in [0.29, 0.717) is 12.1 Å². The summed E-state index contributed by atoms with van der Waals surface area (Å²) < 4.78 is 133. The highest BCUT2D eigenvalue weighted by Gasteiger charge is 2.40. The van der Waals surface area contributed by atoms with Crippen LogP contribution in [0.2, 0.25) is 10.0 Å². The highest BCUT2D eigenvalue weighted by Crippen LogP contribution is 2.41. The molecule has 0 radical (unpaired) electrons. The molecule has 2 aromatic carbocycles. The molecule has 0 heterocycles. The van der Waals surface area contributed by atoms with Crippen molar-refractivity contribution in [3.63, 3.8) is 0 Å². The highest BCUT2D eigenvalue weighted by atomic mass is 35.5. The van der Waals surface area contributed by atoms with Crippen molar-refractivity contribution in [1.29, 1.82) is 0 Å². The lowest BCUT2D eigenvalue weighted by atomic mass is 9.94. The predicted octanol–water partition coefficient (Wildman–Crippen LogP) is 8.31. The van der Waals surface area contributed by atoms with Crippen molar-refractivity contribution >= 4 is 40.7 Å². The van der Waals surface area contributed by atoms with Gasteiger partial charge in [-0.25, -0.2) is 4.39 Å². The number of carbonyl (C=O) groups is 2. The monoisotopic (exact) mass is 597 g/mol. The van der Waals surface area contributed by atoms with Crippen molar-refractivity contribution in [2.45, 2.75) is 37.3 Å². The fraction of sp³-hybridized carbons (Fsp3) is 0.304. The molecular formula is C23H15Cl2F10NO2. The molecule has 0 aliphatic rings. The van der Waals surface area contributed by atoms with E-state index in [1.165, 1.54) is 5.32 Å². The van der Waals surface area contributed by atoms with Gasteiger partial charge in [0.1, 0.15) is 18.3 Å². The molecule has 3 nitrogen and oxygen atoms in total. The molecule has 1 atom stereocenters. The summed E-state index contributed by atoms with van der Waals surface area (Å²) in [5, 5.41) is 1.08. The fourth-order valence-electron chi connectivity index (χ4n) is 3.15. The predicted molar refractivity (Wildman–Crippen MR) is 118 cm³/mol. The normalized spacial score (nSPS) is 13.8. The van der Waals surface area contributed by atoms with E-state index in [4.69, 9.17) is 23.2 Å². The first-order valence-electron chi connectivity index (χ1n) is 10.3. The number of carbonyl (C=O) groups excluding carboxylic acids is 2. The van der Waals surface area contributed by atoms with Crippen LogP contribution in [0, 0.1) is 0 Å². The molecule has 0 spiro atoms. The van der Waals surface area contributed by atoms with Crippen molar-refractivity contribution in [1.82, 2.24) is 5.32 Å². The van der Waals surface area contributed by atoms with Gasteiger partial charge in [-0.2, -0.15) is 39.5 Å². The van der Waals surface area contributed by atoms with Crippen molar-refractivity contribution in [2.24, 2.45) is 0 Å². The Kier molecular flexibility index (Phi) is 9.87. The third kappa shape index (κ3) is 8.90. The van der Waals surface area contributed by atoms with E-state index in [1.807, 2.05) is 0 Å². The zero-order valence-electron chi connectivity index (χ0n) is 18.6. The smallest absolute Gasteiger partial charge is 0.347 e. The number of ketones is 1. The summed E-state index contributed by atoms with van der Waals surface area (Å²) in [4.78, 5) is 23.7. The standard InChI is InChI=1S/C23H15Cl2F10NO2/c24-16-4-2-11(8-17(16)25)14(22(30,31)32)9-18(26)12-1-3-13(15(7-12)23(33,34)35)19(37)5-6-20(38)36-10-21(27,28)29/h1-4,7-9,14H,5-6,10H2,(H,36,38)/b18-9-. The third-order valence-electron chi connectivity index (χ3n) is 4.93. The number of rotatable bonds is 8. The molecule has 0 fully saturated rings. The minimum absolute atomic E-state index is 0.0293. The lowest BCUT2D eigenvalue weighted by molar-refractivity contribution is -0.140. The number of hydrogen-bond acceptors (Lipinski definition) is 2. The van der Waals surface area contributed by atoms with Crippen LogP contribution in [0.25, 0.3) is 5.83 Å². The van der Waals surface area contributed by atoms with Gasteiger partial charge in [-0.1, -0.05) is 41.4 Å². The van der Waals surface area contributed by atoms with Crippen LogP contribution in [-0.4, -0.2) is 30.6 Å².